The molecule has 0 aromatic heterocycles. The predicted molar refractivity (Wildman–Crippen MR) is 97.3 cm³/mol. The van der Waals surface area contributed by atoms with Gasteiger partial charge in [-0.2, -0.15) is 0 Å². The van der Waals surface area contributed by atoms with Crippen LogP contribution < -0.4 is 10.1 Å². The van der Waals surface area contributed by atoms with Gasteiger partial charge in [0.15, 0.2) is 6.61 Å². The summed E-state index contributed by atoms with van der Waals surface area (Å²) in [6.45, 7) is 0.972. The van der Waals surface area contributed by atoms with Gasteiger partial charge in [-0.25, -0.2) is 4.79 Å². The molecule has 0 radical (unpaired) electrons. The van der Waals surface area contributed by atoms with E-state index in [1.54, 1.807) is 17.0 Å². The zero-order valence-corrected chi connectivity index (χ0v) is 15.4. The maximum absolute atomic E-state index is 12.4. The number of rotatable bonds is 9. The predicted octanol–water partition coefficient (Wildman–Crippen LogP) is 0.910. The first-order chi connectivity index (χ1) is 13.0. The molecule has 1 aliphatic rings. The Labute approximate surface area is 158 Å². The number of carboxylic acid groups (broad SMARTS) is 1. The molecule has 1 fully saturated rings. The van der Waals surface area contributed by atoms with Crippen LogP contribution in [0, 0.1) is 5.92 Å². The Hall–Kier alpha value is -2.61. The molecule has 1 aliphatic heterocycles. The van der Waals surface area contributed by atoms with Crippen molar-refractivity contribution in [2.45, 2.75) is 25.3 Å². The molecule has 1 saturated heterocycles. The third-order valence-electron chi connectivity index (χ3n) is 4.48. The molecule has 0 spiro atoms. The molecular weight excluding hydrogens is 352 g/mol. The summed E-state index contributed by atoms with van der Waals surface area (Å²) in [6, 6.07) is 8.05. The largest absolute Gasteiger partial charge is 0.484 e. The molecular formula is C19H26N2O6. The van der Waals surface area contributed by atoms with Gasteiger partial charge in [0.1, 0.15) is 11.8 Å². The molecule has 2 unspecified atom stereocenters. The van der Waals surface area contributed by atoms with Gasteiger partial charge in [-0.05, 0) is 25.0 Å². The number of methoxy groups -OCH3 is 1. The number of likely N-dealkylation sites (tertiary alicyclic amines) is 1. The van der Waals surface area contributed by atoms with E-state index in [1.165, 1.54) is 7.11 Å². The first-order valence-corrected chi connectivity index (χ1v) is 8.99. The zero-order valence-electron chi connectivity index (χ0n) is 15.4. The van der Waals surface area contributed by atoms with E-state index in [-0.39, 0.29) is 38.0 Å². The lowest BCUT2D eigenvalue weighted by atomic mass is 9.96. The number of hydrogen-bond donors (Lipinski definition) is 2. The number of nitrogens with zero attached hydrogens (tertiary/aromatic N) is 1. The van der Waals surface area contributed by atoms with E-state index in [1.807, 2.05) is 18.2 Å². The van der Waals surface area contributed by atoms with Crippen LogP contribution in [0.25, 0.3) is 0 Å². The monoisotopic (exact) mass is 378 g/mol. The van der Waals surface area contributed by atoms with Gasteiger partial charge in [-0.3, -0.25) is 9.59 Å². The minimum atomic E-state index is -1.10. The zero-order chi connectivity index (χ0) is 19.6. The Morgan fingerprint density at radius 2 is 2.04 bits per heavy atom. The highest BCUT2D eigenvalue weighted by atomic mass is 16.5. The fourth-order valence-corrected chi connectivity index (χ4v) is 2.95. The Morgan fingerprint density at radius 1 is 1.30 bits per heavy atom. The van der Waals surface area contributed by atoms with Crippen LogP contribution in [0.2, 0.25) is 0 Å². The summed E-state index contributed by atoms with van der Waals surface area (Å²) in [6.07, 6.45) is 1.49. The van der Waals surface area contributed by atoms with Gasteiger partial charge < -0.3 is 24.8 Å². The summed E-state index contributed by atoms with van der Waals surface area (Å²) in [5.41, 5.74) is 0. The quantitative estimate of drug-likeness (QED) is 0.662. The third kappa shape index (κ3) is 6.56. The number of benzene rings is 1. The van der Waals surface area contributed by atoms with Crippen LogP contribution in [0.4, 0.5) is 0 Å². The number of para-hydroxylation sites is 1. The fourth-order valence-electron chi connectivity index (χ4n) is 2.95. The van der Waals surface area contributed by atoms with E-state index in [2.05, 4.69) is 5.32 Å². The van der Waals surface area contributed by atoms with Crippen LogP contribution in [-0.2, 0) is 19.1 Å². The van der Waals surface area contributed by atoms with E-state index >= 15 is 0 Å². The maximum Gasteiger partial charge on any atom is 0.326 e. The van der Waals surface area contributed by atoms with Gasteiger partial charge in [-0.15, -0.1) is 0 Å². The van der Waals surface area contributed by atoms with Crippen LogP contribution in [0.3, 0.4) is 0 Å². The van der Waals surface area contributed by atoms with E-state index in [9.17, 15) is 19.5 Å². The first kappa shape index (κ1) is 20.7. The highest BCUT2D eigenvalue weighted by Gasteiger charge is 2.31. The minimum Gasteiger partial charge on any atom is -0.484 e. The van der Waals surface area contributed by atoms with Crippen molar-refractivity contribution in [3.05, 3.63) is 30.3 Å². The maximum atomic E-state index is 12.4. The number of piperidine rings is 1. The van der Waals surface area contributed by atoms with Crippen LogP contribution in [0.1, 0.15) is 19.3 Å². The second-order valence-electron chi connectivity index (χ2n) is 6.46. The molecule has 2 amide bonds. The highest BCUT2D eigenvalue weighted by Crippen LogP contribution is 2.18. The minimum absolute atomic E-state index is 0.0933. The molecule has 27 heavy (non-hydrogen) atoms. The summed E-state index contributed by atoms with van der Waals surface area (Å²) in [5.74, 6) is -1.45. The molecule has 1 aromatic carbocycles. The average molecular weight is 378 g/mol. The summed E-state index contributed by atoms with van der Waals surface area (Å²) in [7, 11) is 1.48. The second-order valence-corrected chi connectivity index (χ2v) is 6.46. The standard InChI is InChI=1S/C19H26N2O6/c1-26-11-9-16(19(24)25)20-18(23)14-6-5-10-21(12-14)17(22)13-27-15-7-3-2-4-8-15/h2-4,7-8,14,16H,5-6,9-13H2,1H3,(H,20,23)(H,24,25). The van der Waals surface area contributed by atoms with Gasteiger partial charge in [-0.1, -0.05) is 18.2 Å². The normalized spacial score (nSPS) is 17.8. The van der Waals surface area contributed by atoms with E-state index < -0.39 is 17.9 Å². The molecule has 0 bridgehead atoms. The molecule has 2 rings (SSSR count). The third-order valence-corrected chi connectivity index (χ3v) is 4.48. The SMILES string of the molecule is COCCC(NC(=O)C1CCCN(C(=O)COc2ccccc2)C1)C(=O)O. The van der Waals surface area contributed by atoms with Gasteiger partial charge in [0.25, 0.3) is 5.91 Å². The molecule has 2 atom stereocenters. The van der Waals surface area contributed by atoms with Crippen LogP contribution in [0.5, 0.6) is 5.75 Å². The molecule has 1 heterocycles. The van der Waals surface area contributed by atoms with E-state index in [0.29, 0.717) is 25.1 Å². The lowest BCUT2D eigenvalue weighted by Gasteiger charge is -2.32. The summed E-state index contributed by atoms with van der Waals surface area (Å²) < 4.78 is 10.4. The Bertz CT molecular complexity index is 636. The molecule has 148 valence electrons. The summed E-state index contributed by atoms with van der Waals surface area (Å²) >= 11 is 0. The number of aliphatic carboxylic acids is 1. The first-order valence-electron chi connectivity index (χ1n) is 8.99. The summed E-state index contributed by atoms with van der Waals surface area (Å²) in [4.78, 5) is 37.7. The number of carbonyl (C=O) groups is 3. The number of carbonyl (C=O) groups excluding carboxylic acids is 2. The highest BCUT2D eigenvalue weighted by molar-refractivity contribution is 5.86. The number of nitrogens with one attached hydrogen (secondary N) is 1. The lowest BCUT2D eigenvalue weighted by molar-refractivity contribution is -0.144. The lowest BCUT2D eigenvalue weighted by Crippen LogP contribution is -2.50. The smallest absolute Gasteiger partial charge is 0.326 e. The Balaban J connectivity index is 1.85. The molecule has 2 N–H and O–H groups in total. The molecule has 0 aliphatic carbocycles. The average Bonchev–Trinajstić information content (AvgIpc) is 2.69. The van der Waals surface area contributed by atoms with Crippen LogP contribution in [0.15, 0.2) is 30.3 Å². The van der Waals surface area contributed by atoms with Gasteiger partial charge >= 0.3 is 5.97 Å². The van der Waals surface area contributed by atoms with Crippen molar-refractivity contribution in [1.82, 2.24) is 10.2 Å². The van der Waals surface area contributed by atoms with Crippen molar-refractivity contribution < 1.29 is 29.0 Å². The number of carboxylic acids is 1. The van der Waals surface area contributed by atoms with Gasteiger partial charge in [0.05, 0.1) is 5.92 Å². The van der Waals surface area contributed by atoms with E-state index in [4.69, 9.17) is 9.47 Å². The number of hydrogen-bond acceptors (Lipinski definition) is 5. The topological polar surface area (TPSA) is 105 Å². The number of amides is 2. The molecule has 1 aromatic rings. The Kier molecular flexibility index (Phi) is 8.06. The van der Waals surface area contributed by atoms with Gasteiger partial charge in [0, 0.05) is 33.2 Å². The van der Waals surface area contributed by atoms with Crippen molar-refractivity contribution in [2.24, 2.45) is 5.92 Å². The molecule has 0 saturated carbocycles. The van der Waals surface area contributed by atoms with Crippen molar-refractivity contribution in [1.29, 1.82) is 0 Å². The Morgan fingerprint density at radius 3 is 2.70 bits per heavy atom. The molecule has 8 heteroatoms. The fraction of sp³-hybridized carbons (Fsp3) is 0.526. The van der Waals surface area contributed by atoms with Crippen molar-refractivity contribution in [3.8, 4) is 5.75 Å². The van der Waals surface area contributed by atoms with Crippen LogP contribution in [-0.4, -0.2) is 67.2 Å². The number of ether oxygens (including phenoxy) is 2. The second kappa shape index (κ2) is 10.5. The summed E-state index contributed by atoms with van der Waals surface area (Å²) in [5, 5.41) is 11.8. The van der Waals surface area contributed by atoms with Crippen molar-refractivity contribution in [3.63, 3.8) is 0 Å². The van der Waals surface area contributed by atoms with Crippen LogP contribution >= 0.6 is 0 Å². The van der Waals surface area contributed by atoms with Crippen molar-refractivity contribution >= 4 is 17.8 Å². The molecule has 8 nitrogen and oxygen atoms in total. The van der Waals surface area contributed by atoms with Gasteiger partial charge in [0.2, 0.25) is 5.91 Å². The van der Waals surface area contributed by atoms with E-state index in [0.717, 1.165) is 0 Å². The van der Waals surface area contributed by atoms with Crippen molar-refractivity contribution in [2.75, 3.05) is 33.4 Å².